The van der Waals surface area contributed by atoms with Gasteiger partial charge in [0.1, 0.15) is 0 Å². The first-order valence-corrected chi connectivity index (χ1v) is 8.29. The lowest BCUT2D eigenvalue weighted by Gasteiger charge is -2.32. The number of hydrogen-bond acceptors (Lipinski definition) is 4. The van der Waals surface area contributed by atoms with Gasteiger partial charge in [-0.1, -0.05) is 17.7 Å². The summed E-state index contributed by atoms with van der Waals surface area (Å²) >= 11 is 5.96. The zero-order valence-corrected chi connectivity index (χ0v) is 14.2. The van der Waals surface area contributed by atoms with Crippen LogP contribution in [0.4, 0.5) is 0 Å². The number of carboxylic acid groups (broad SMARTS) is 1. The number of amides is 1. The molecule has 0 bridgehead atoms. The highest BCUT2D eigenvalue weighted by Gasteiger charge is 2.40. The van der Waals surface area contributed by atoms with E-state index in [0.29, 0.717) is 31.1 Å². The summed E-state index contributed by atoms with van der Waals surface area (Å²) in [5, 5.41) is 17.0. The monoisotopic (exact) mass is 363 g/mol. The summed E-state index contributed by atoms with van der Waals surface area (Å²) in [4.78, 5) is 23.9. The Labute approximate surface area is 149 Å². The molecule has 2 N–H and O–H groups in total. The van der Waals surface area contributed by atoms with Gasteiger partial charge in [-0.25, -0.2) is 4.68 Å². The molecular weight excluding hydrogens is 346 g/mol. The molecule has 1 aromatic heterocycles. The molecule has 0 aliphatic carbocycles. The molecule has 0 spiro atoms. The maximum Gasteiger partial charge on any atom is 0.311 e. The summed E-state index contributed by atoms with van der Waals surface area (Å²) in [6.07, 6.45) is 2.40. The predicted molar refractivity (Wildman–Crippen MR) is 91.0 cm³/mol. The van der Waals surface area contributed by atoms with Gasteiger partial charge in [0.25, 0.3) is 5.91 Å². The fourth-order valence-corrected chi connectivity index (χ4v) is 2.96. The third kappa shape index (κ3) is 3.83. The number of carbonyl (C=O) groups is 2. The molecule has 1 aliphatic rings. The molecule has 2 heterocycles. The summed E-state index contributed by atoms with van der Waals surface area (Å²) in [6.45, 7) is 0.811. The van der Waals surface area contributed by atoms with Crippen molar-refractivity contribution in [1.82, 2.24) is 15.1 Å². The normalized spacial score (nSPS) is 16.4. The first-order chi connectivity index (χ1) is 12.0. The van der Waals surface area contributed by atoms with Crippen molar-refractivity contribution in [3.63, 3.8) is 0 Å². The van der Waals surface area contributed by atoms with E-state index < -0.39 is 17.3 Å². The van der Waals surface area contributed by atoms with Crippen molar-refractivity contribution in [3.05, 3.63) is 47.2 Å². The van der Waals surface area contributed by atoms with E-state index in [1.54, 1.807) is 35.1 Å². The molecule has 2 aromatic rings. The molecule has 3 rings (SSSR count). The number of rotatable bonds is 5. The molecule has 1 amide bonds. The molecule has 0 radical (unpaired) electrons. The lowest BCUT2D eigenvalue weighted by molar-refractivity contribution is -0.154. The molecule has 1 fully saturated rings. The van der Waals surface area contributed by atoms with E-state index in [0.717, 1.165) is 5.69 Å². The fraction of sp³-hybridized carbons (Fsp3) is 0.353. The van der Waals surface area contributed by atoms with E-state index in [4.69, 9.17) is 16.3 Å². The minimum atomic E-state index is -0.983. The minimum Gasteiger partial charge on any atom is -0.481 e. The molecule has 0 unspecified atom stereocenters. The zero-order chi connectivity index (χ0) is 17.9. The van der Waals surface area contributed by atoms with Crippen LogP contribution in [-0.4, -0.2) is 46.5 Å². The highest BCUT2D eigenvalue weighted by Crippen LogP contribution is 2.30. The van der Waals surface area contributed by atoms with Gasteiger partial charge in [-0.3, -0.25) is 9.59 Å². The first-order valence-electron chi connectivity index (χ1n) is 7.91. The third-order valence-corrected chi connectivity index (χ3v) is 4.62. The second kappa shape index (κ2) is 7.25. The Morgan fingerprint density at radius 1 is 1.32 bits per heavy atom. The first kappa shape index (κ1) is 17.4. The Balaban J connectivity index is 1.68. The number of carbonyl (C=O) groups excluding carboxylic acids is 1. The molecule has 8 heteroatoms. The van der Waals surface area contributed by atoms with Crippen LogP contribution in [0.2, 0.25) is 5.02 Å². The van der Waals surface area contributed by atoms with Crippen LogP contribution >= 0.6 is 11.6 Å². The number of benzene rings is 1. The summed E-state index contributed by atoms with van der Waals surface area (Å²) in [5.41, 5.74) is -0.0331. The van der Waals surface area contributed by atoms with Crippen LogP contribution in [0, 0.1) is 5.41 Å². The van der Waals surface area contributed by atoms with Crippen molar-refractivity contribution in [1.29, 1.82) is 0 Å². The molecule has 1 aliphatic heterocycles. The number of ether oxygens (including phenoxy) is 1. The Morgan fingerprint density at radius 2 is 2.08 bits per heavy atom. The van der Waals surface area contributed by atoms with Crippen LogP contribution in [0.1, 0.15) is 23.3 Å². The van der Waals surface area contributed by atoms with E-state index >= 15 is 0 Å². The van der Waals surface area contributed by atoms with E-state index in [1.807, 2.05) is 6.07 Å². The van der Waals surface area contributed by atoms with Crippen molar-refractivity contribution >= 4 is 23.5 Å². The number of nitrogens with one attached hydrogen (secondary N) is 1. The largest absolute Gasteiger partial charge is 0.481 e. The van der Waals surface area contributed by atoms with Crippen LogP contribution < -0.4 is 5.32 Å². The Morgan fingerprint density at radius 3 is 2.76 bits per heavy atom. The standard InChI is InChI=1S/C17H18ClN3O4/c18-12-2-1-3-13(10-12)21-7-4-14(20-21)15(22)19-11-17(16(23)24)5-8-25-9-6-17/h1-4,7,10H,5-6,8-9,11H2,(H,19,22)(H,23,24). The van der Waals surface area contributed by atoms with E-state index in [9.17, 15) is 14.7 Å². The molecular formula is C17H18ClN3O4. The second-order valence-corrected chi connectivity index (χ2v) is 6.44. The van der Waals surface area contributed by atoms with E-state index in [-0.39, 0.29) is 12.2 Å². The Bertz CT molecular complexity index is 784. The molecule has 0 saturated carbocycles. The summed E-state index contributed by atoms with van der Waals surface area (Å²) < 4.78 is 6.77. The zero-order valence-electron chi connectivity index (χ0n) is 13.4. The van der Waals surface area contributed by atoms with Gasteiger partial charge in [-0.2, -0.15) is 5.10 Å². The number of aliphatic carboxylic acids is 1. The minimum absolute atomic E-state index is 0.0502. The second-order valence-electron chi connectivity index (χ2n) is 6.01. The van der Waals surface area contributed by atoms with Gasteiger partial charge in [-0.15, -0.1) is 0 Å². The van der Waals surface area contributed by atoms with Crippen molar-refractivity contribution in [2.24, 2.45) is 5.41 Å². The maximum atomic E-state index is 12.3. The molecule has 1 saturated heterocycles. The van der Waals surface area contributed by atoms with E-state index in [2.05, 4.69) is 10.4 Å². The van der Waals surface area contributed by atoms with Gasteiger partial charge in [-0.05, 0) is 37.1 Å². The Hall–Kier alpha value is -2.38. The van der Waals surface area contributed by atoms with Crippen LogP contribution in [0.5, 0.6) is 0 Å². The number of halogens is 1. The van der Waals surface area contributed by atoms with Crippen molar-refractivity contribution in [2.75, 3.05) is 19.8 Å². The van der Waals surface area contributed by atoms with Crippen molar-refractivity contribution in [3.8, 4) is 5.69 Å². The van der Waals surface area contributed by atoms with Crippen LogP contribution in [0.25, 0.3) is 5.69 Å². The summed E-state index contributed by atoms with van der Waals surface area (Å²) in [5.74, 6) is -1.33. The quantitative estimate of drug-likeness (QED) is 0.848. The molecule has 25 heavy (non-hydrogen) atoms. The average molecular weight is 364 g/mol. The molecule has 132 valence electrons. The smallest absolute Gasteiger partial charge is 0.311 e. The maximum absolute atomic E-state index is 12.3. The van der Waals surface area contributed by atoms with Crippen LogP contribution in [0.3, 0.4) is 0 Å². The van der Waals surface area contributed by atoms with Crippen molar-refractivity contribution in [2.45, 2.75) is 12.8 Å². The van der Waals surface area contributed by atoms with Crippen molar-refractivity contribution < 1.29 is 19.4 Å². The predicted octanol–water partition coefficient (Wildman–Crippen LogP) is 2.14. The van der Waals surface area contributed by atoms with Crippen LogP contribution in [-0.2, 0) is 9.53 Å². The molecule has 1 aromatic carbocycles. The van der Waals surface area contributed by atoms with Gasteiger partial charge in [0, 0.05) is 31.0 Å². The highest BCUT2D eigenvalue weighted by molar-refractivity contribution is 6.30. The van der Waals surface area contributed by atoms with Gasteiger partial charge < -0.3 is 15.2 Å². The Kier molecular flexibility index (Phi) is 5.06. The highest BCUT2D eigenvalue weighted by atomic mass is 35.5. The SMILES string of the molecule is O=C(NCC1(C(=O)O)CCOCC1)c1ccn(-c2cccc(Cl)c2)n1. The average Bonchev–Trinajstić information content (AvgIpc) is 3.10. The molecule has 0 atom stereocenters. The number of nitrogens with zero attached hydrogens (tertiary/aromatic N) is 2. The lowest BCUT2D eigenvalue weighted by atomic mass is 9.80. The van der Waals surface area contributed by atoms with Gasteiger partial charge in [0.05, 0.1) is 11.1 Å². The van der Waals surface area contributed by atoms with Gasteiger partial charge >= 0.3 is 5.97 Å². The van der Waals surface area contributed by atoms with Gasteiger partial charge in [0.2, 0.25) is 0 Å². The summed E-state index contributed by atoms with van der Waals surface area (Å²) in [7, 11) is 0. The lowest BCUT2D eigenvalue weighted by Crippen LogP contribution is -2.46. The van der Waals surface area contributed by atoms with E-state index in [1.165, 1.54) is 0 Å². The summed E-state index contributed by atoms with van der Waals surface area (Å²) in [6, 6.07) is 8.68. The number of hydrogen-bond donors (Lipinski definition) is 2. The van der Waals surface area contributed by atoms with Gasteiger partial charge in [0.15, 0.2) is 5.69 Å². The molecule has 7 nitrogen and oxygen atoms in total. The third-order valence-electron chi connectivity index (χ3n) is 4.39. The topological polar surface area (TPSA) is 93.5 Å². The van der Waals surface area contributed by atoms with Crippen LogP contribution in [0.15, 0.2) is 36.5 Å². The fourth-order valence-electron chi connectivity index (χ4n) is 2.78. The number of carboxylic acids is 1. The number of aromatic nitrogens is 2.